The van der Waals surface area contributed by atoms with Crippen LogP contribution in [0.1, 0.15) is 18.2 Å². The van der Waals surface area contributed by atoms with Crippen LogP contribution in [0.25, 0.3) is 32.5 Å². The summed E-state index contributed by atoms with van der Waals surface area (Å²) in [6, 6.07) is 17.7. The van der Waals surface area contributed by atoms with Gasteiger partial charge >= 0.3 is 0 Å². The molecule has 5 rings (SSSR count). The SMILES string of the molecule is Nc1ncc(-c2ccc(C(O)N3CCCNCC3)cc2)nc1-c1nnc(-c2ccccc2)s1. The number of nitrogens with one attached hydrogen (secondary N) is 1. The van der Waals surface area contributed by atoms with E-state index < -0.39 is 6.23 Å². The number of aliphatic hydroxyl groups is 1. The molecule has 2 aromatic carbocycles. The van der Waals surface area contributed by atoms with Gasteiger partial charge in [0.1, 0.15) is 16.9 Å². The first-order valence-electron chi connectivity index (χ1n) is 10.9. The number of rotatable bonds is 5. The number of aromatic nitrogens is 4. The first-order chi connectivity index (χ1) is 16.2. The Morgan fingerprint density at radius 1 is 0.939 bits per heavy atom. The number of hydrogen-bond donors (Lipinski definition) is 3. The molecule has 8 nitrogen and oxygen atoms in total. The Morgan fingerprint density at radius 3 is 2.55 bits per heavy atom. The molecule has 1 atom stereocenters. The second-order valence-electron chi connectivity index (χ2n) is 7.90. The zero-order valence-electron chi connectivity index (χ0n) is 18.1. The van der Waals surface area contributed by atoms with Gasteiger partial charge in [-0.25, -0.2) is 9.97 Å². The molecule has 0 spiro atoms. The Morgan fingerprint density at radius 2 is 1.73 bits per heavy atom. The van der Waals surface area contributed by atoms with Crippen molar-refractivity contribution in [1.29, 1.82) is 0 Å². The second-order valence-corrected chi connectivity index (χ2v) is 8.88. The van der Waals surface area contributed by atoms with E-state index in [9.17, 15) is 5.11 Å². The van der Waals surface area contributed by atoms with Crippen LogP contribution in [0.2, 0.25) is 0 Å². The van der Waals surface area contributed by atoms with Crippen molar-refractivity contribution in [2.75, 3.05) is 31.9 Å². The Hall–Kier alpha value is -3.24. The Labute approximate surface area is 196 Å². The normalized spacial score (nSPS) is 15.8. The lowest BCUT2D eigenvalue weighted by molar-refractivity contribution is 0.00622. The maximum absolute atomic E-state index is 10.8. The lowest BCUT2D eigenvalue weighted by Gasteiger charge is -2.26. The summed E-state index contributed by atoms with van der Waals surface area (Å²) in [5, 5.41) is 24.2. The van der Waals surface area contributed by atoms with Gasteiger partial charge in [0.25, 0.3) is 0 Å². The van der Waals surface area contributed by atoms with Gasteiger partial charge in [0.2, 0.25) is 0 Å². The van der Waals surface area contributed by atoms with Gasteiger partial charge in [0.05, 0.1) is 11.9 Å². The zero-order valence-corrected chi connectivity index (χ0v) is 18.9. The van der Waals surface area contributed by atoms with Crippen molar-refractivity contribution in [3.05, 3.63) is 66.4 Å². The van der Waals surface area contributed by atoms with E-state index in [1.54, 1.807) is 6.20 Å². The summed E-state index contributed by atoms with van der Waals surface area (Å²) in [6.07, 6.45) is 2.06. The van der Waals surface area contributed by atoms with Gasteiger partial charge in [-0.2, -0.15) is 0 Å². The first kappa shape index (κ1) is 21.6. The number of anilines is 1. The van der Waals surface area contributed by atoms with Crippen molar-refractivity contribution >= 4 is 17.2 Å². The molecule has 9 heteroatoms. The third kappa shape index (κ3) is 4.76. The molecule has 1 unspecified atom stereocenters. The topological polar surface area (TPSA) is 113 Å². The Bertz CT molecular complexity index is 1210. The van der Waals surface area contributed by atoms with Crippen LogP contribution in [0, 0.1) is 0 Å². The van der Waals surface area contributed by atoms with E-state index in [0.29, 0.717) is 22.2 Å². The highest BCUT2D eigenvalue weighted by atomic mass is 32.1. The van der Waals surface area contributed by atoms with Crippen LogP contribution in [-0.2, 0) is 0 Å². The molecule has 0 amide bonds. The lowest BCUT2D eigenvalue weighted by Crippen LogP contribution is -2.32. The third-order valence-corrected chi connectivity index (χ3v) is 6.65. The molecule has 4 aromatic rings. The fourth-order valence-corrected chi connectivity index (χ4v) is 4.71. The van der Waals surface area contributed by atoms with Crippen molar-refractivity contribution in [3.8, 4) is 32.5 Å². The molecule has 0 saturated carbocycles. The van der Waals surface area contributed by atoms with Crippen LogP contribution in [-0.4, -0.2) is 56.4 Å². The van der Waals surface area contributed by atoms with Gasteiger partial charge < -0.3 is 16.2 Å². The number of nitrogen functional groups attached to an aromatic ring is 1. The average Bonchev–Trinajstić information content (AvgIpc) is 3.19. The van der Waals surface area contributed by atoms with Gasteiger partial charge in [-0.1, -0.05) is 65.9 Å². The quantitative estimate of drug-likeness (QED) is 0.417. The van der Waals surface area contributed by atoms with Crippen molar-refractivity contribution in [3.63, 3.8) is 0 Å². The molecule has 0 radical (unpaired) electrons. The van der Waals surface area contributed by atoms with Gasteiger partial charge in [-0.3, -0.25) is 4.90 Å². The van der Waals surface area contributed by atoms with Crippen LogP contribution >= 0.6 is 11.3 Å². The summed E-state index contributed by atoms with van der Waals surface area (Å²) < 4.78 is 0. The number of nitrogens with two attached hydrogens (primary N) is 1. The molecule has 1 aliphatic heterocycles. The van der Waals surface area contributed by atoms with Crippen LogP contribution in [0.3, 0.4) is 0 Å². The summed E-state index contributed by atoms with van der Waals surface area (Å²) in [6.45, 7) is 3.57. The third-order valence-electron chi connectivity index (χ3n) is 5.67. The molecule has 0 aliphatic carbocycles. The fraction of sp³-hybridized carbons (Fsp3) is 0.250. The largest absolute Gasteiger partial charge is 0.382 e. The van der Waals surface area contributed by atoms with E-state index in [0.717, 1.165) is 54.3 Å². The number of nitrogens with zero attached hydrogens (tertiary/aromatic N) is 5. The number of hydrogen-bond acceptors (Lipinski definition) is 9. The monoisotopic (exact) mass is 459 g/mol. The minimum absolute atomic E-state index is 0.316. The Balaban J connectivity index is 1.38. The molecule has 2 aromatic heterocycles. The van der Waals surface area contributed by atoms with E-state index in [2.05, 4.69) is 25.4 Å². The minimum atomic E-state index is -0.621. The summed E-state index contributed by atoms with van der Waals surface area (Å²) in [5.41, 5.74) is 10.1. The molecule has 1 saturated heterocycles. The summed E-state index contributed by atoms with van der Waals surface area (Å²) in [7, 11) is 0. The maximum Gasteiger partial charge on any atom is 0.170 e. The smallest absolute Gasteiger partial charge is 0.170 e. The second kappa shape index (κ2) is 9.72. The van der Waals surface area contributed by atoms with E-state index in [4.69, 9.17) is 10.7 Å². The average molecular weight is 460 g/mol. The van der Waals surface area contributed by atoms with Crippen LogP contribution in [0.15, 0.2) is 60.8 Å². The summed E-state index contributed by atoms with van der Waals surface area (Å²) in [5.74, 6) is 0.316. The molecule has 33 heavy (non-hydrogen) atoms. The molecule has 3 heterocycles. The van der Waals surface area contributed by atoms with Crippen LogP contribution in [0.4, 0.5) is 5.82 Å². The van der Waals surface area contributed by atoms with Crippen molar-refractivity contribution in [2.24, 2.45) is 0 Å². The molecule has 1 fully saturated rings. The van der Waals surface area contributed by atoms with Crippen LogP contribution < -0.4 is 11.1 Å². The molecular formula is C24H25N7OS. The molecule has 0 bridgehead atoms. The van der Waals surface area contributed by atoms with Gasteiger partial charge in [-0.15, -0.1) is 10.2 Å². The van der Waals surface area contributed by atoms with Crippen molar-refractivity contribution in [1.82, 2.24) is 30.4 Å². The number of aliphatic hydroxyl groups excluding tert-OH is 1. The van der Waals surface area contributed by atoms with Crippen LogP contribution in [0.5, 0.6) is 0 Å². The van der Waals surface area contributed by atoms with Gasteiger partial charge in [0, 0.05) is 30.8 Å². The molecule has 168 valence electrons. The van der Waals surface area contributed by atoms with Crippen molar-refractivity contribution in [2.45, 2.75) is 12.6 Å². The van der Waals surface area contributed by atoms with E-state index in [1.165, 1.54) is 11.3 Å². The van der Waals surface area contributed by atoms with Gasteiger partial charge in [0.15, 0.2) is 10.8 Å². The predicted molar refractivity (Wildman–Crippen MR) is 130 cm³/mol. The lowest BCUT2D eigenvalue weighted by atomic mass is 10.1. The molecule has 1 aliphatic rings. The summed E-state index contributed by atoms with van der Waals surface area (Å²) in [4.78, 5) is 11.2. The van der Waals surface area contributed by atoms with E-state index in [1.807, 2.05) is 54.6 Å². The highest BCUT2D eigenvalue weighted by Crippen LogP contribution is 2.32. The van der Waals surface area contributed by atoms with E-state index in [-0.39, 0.29) is 0 Å². The molecular weight excluding hydrogens is 434 g/mol. The fourth-order valence-electron chi connectivity index (χ4n) is 3.86. The molecule has 4 N–H and O–H groups in total. The zero-order chi connectivity index (χ0) is 22.6. The minimum Gasteiger partial charge on any atom is -0.382 e. The standard InChI is InChI=1S/C24H25N7OS/c25-21-20(23-30-29-22(33-23)17-5-2-1-3-6-17)28-19(15-27-21)16-7-9-18(10-8-16)24(32)31-13-4-11-26-12-14-31/h1-3,5-10,15,24,26,32H,4,11-14H2,(H2,25,27). The van der Waals surface area contributed by atoms with Gasteiger partial charge in [-0.05, 0) is 18.5 Å². The summed E-state index contributed by atoms with van der Waals surface area (Å²) >= 11 is 1.43. The van der Waals surface area contributed by atoms with Crippen molar-refractivity contribution < 1.29 is 5.11 Å². The highest BCUT2D eigenvalue weighted by molar-refractivity contribution is 7.17. The maximum atomic E-state index is 10.8. The predicted octanol–water partition coefficient (Wildman–Crippen LogP) is 3.20. The highest BCUT2D eigenvalue weighted by Gasteiger charge is 2.19. The van der Waals surface area contributed by atoms with E-state index >= 15 is 0 Å². The first-order valence-corrected chi connectivity index (χ1v) is 11.8. The Kier molecular flexibility index (Phi) is 6.36. The number of benzene rings is 2.